The molecule has 1 aromatic carbocycles. The van der Waals surface area contributed by atoms with Crippen LogP contribution < -0.4 is 5.32 Å². The summed E-state index contributed by atoms with van der Waals surface area (Å²) in [6.45, 7) is 5.48. The van der Waals surface area contributed by atoms with Gasteiger partial charge in [-0.1, -0.05) is 13.8 Å². The van der Waals surface area contributed by atoms with E-state index in [1.807, 2.05) is 19.1 Å². The second-order valence-corrected chi connectivity index (χ2v) is 6.32. The van der Waals surface area contributed by atoms with Crippen molar-refractivity contribution in [3.63, 3.8) is 0 Å². The molecule has 18 heavy (non-hydrogen) atoms. The van der Waals surface area contributed by atoms with E-state index in [-0.39, 0.29) is 0 Å². The van der Waals surface area contributed by atoms with Gasteiger partial charge in [0.2, 0.25) is 10.0 Å². The first-order valence-electron chi connectivity index (χ1n) is 6.32. The molecule has 0 saturated heterocycles. The molecule has 0 aromatic heterocycles. The third kappa shape index (κ3) is 3.71. The number of anilines is 1. The molecule has 0 fully saturated rings. The molecular weight excluding hydrogens is 248 g/mol. The van der Waals surface area contributed by atoms with Gasteiger partial charge in [0.15, 0.2) is 0 Å². The average Bonchev–Trinajstić information content (AvgIpc) is 2.37. The third-order valence-electron chi connectivity index (χ3n) is 2.68. The van der Waals surface area contributed by atoms with Crippen molar-refractivity contribution < 1.29 is 8.42 Å². The Hall–Kier alpha value is -1.07. The highest BCUT2D eigenvalue weighted by molar-refractivity contribution is 7.89. The first-order valence-corrected chi connectivity index (χ1v) is 7.76. The van der Waals surface area contributed by atoms with Gasteiger partial charge in [0.25, 0.3) is 0 Å². The maximum Gasteiger partial charge on any atom is 0.242 e. The molecule has 1 rings (SSSR count). The summed E-state index contributed by atoms with van der Waals surface area (Å²) < 4.78 is 25.7. The molecule has 0 unspecified atom stereocenters. The van der Waals surface area contributed by atoms with Crippen molar-refractivity contribution in [1.82, 2.24) is 4.31 Å². The number of hydrogen-bond donors (Lipinski definition) is 1. The minimum atomic E-state index is -3.33. The Kier molecular flexibility index (Phi) is 5.62. The Bertz CT molecular complexity index is 454. The van der Waals surface area contributed by atoms with Gasteiger partial charge < -0.3 is 5.32 Å². The topological polar surface area (TPSA) is 49.4 Å². The van der Waals surface area contributed by atoms with E-state index in [4.69, 9.17) is 0 Å². The molecule has 0 saturated carbocycles. The molecule has 0 aliphatic carbocycles. The number of nitrogens with one attached hydrogen (secondary N) is 1. The Morgan fingerprint density at radius 1 is 1.11 bits per heavy atom. The highest BCUT2D eigenvalue weighted by Gasteiger charge is 2.19. The van der Waals surface area contributed by atoms with Crippen molar-refractivity contribution in [2.75, 3.05) is 25.5 Å². The molecule has 0 amide bonds. The molecule has 0 spiro atoms. The second kappa shape index (κ2) is 6.75. The van der Waals surface area contributed by atoms with Crippen LogP contribution >= 0.6 is 0 Å². The van der Waals surface area contributed by atoms with Crippen LogP contribution in [-0.2, 0) is 10.0 Å². The molecular formula is C13H22N2O2S. The van der Waals surface area contributed by atoms with Crippen molar-refractivity contribution in [2.45, 2.75) is 31.6 Å². The van der Waals surface area contributed by atoms with Crippen molar-refractivity contribution in [2.24, 2.45) is 0 Å². The van der Waals surface area contributed by atoms with Crippen LogP contribution in [0.5, 0.6) is 0 Å². The molecule has 102 valence electrons. The van der Waals surface area contributed by atoms with Crippen LogP contribution in [0, 0.1) is 0 Å². The van der Waals surface area contributed by atoms with Crippen LogP contribution in [-0.4, -0.2) is 32.9 Å². The summed E-state index contributed by atoms with van der Waals surface area (Å²) in [5.41, 5.74) is 0.953. The maximum absolute atomic E-state index is 12.2. The Labute approximate surface area is 110 Å². The fourth-order valence-electron chi connectivity index (χ4n) is 1.63. The molecule has 0 bridgehead atoms. The Morgan fingerprint density at radius 3 is 2.22 bits per heavy atom. The van der Waals surface area contributed by atoms with E-state index in [1.54, 1.807) is 19.2 Å². The highest BCUT2D eigenvalue weighted by atomic mass is 32.2. The lowest BCUT2D eigenvalue weighted by Crippen LogP contribution is -2.27. The largest absolute Gasteiger partial charge is 0.385 e. The molecule has 0 radical (unpaired) electrons. The SMILES string of the molecule is CCCNc1ccc(S(=O)(=O)N(C)CCC)cc1. The lowest BCUT2D eigenvalue weighted by atomic mass is 10.3. The van der Waals surface area contributed by atoms with Gasteiger partial charge >= 0.3 is 0 Å². The van der Waals surface area contributed by atoms with Gasteiger partial charge in [-0.25, -0.2) is 12.7 Å². The van der Waals surface area contributed by atoms with Gasteiger partial charge in [0, 0.05) is 25.8 Å². The number of benzene rings is 1. The van der Waals surface area contributed by atoms with Gasteiger partial charge in [-0.15, -0.1) is 0 Å². The highest BCUT2D eigenvalue weighted by Crippen LogP contribution is 2.17. The van der Waals surface area contributed by atoms with E-state index in [2.05, 4.69) is 12.2 Å². The number of rotatable bonds is 7. The summed E-state index contributed by atoms with van der Waals surface area (Å²) in [7, 11) is -1.72. The van der Waals surface area contributed by atoms with Crippen molar-refractivity contribution >= 4 is 15.7 Å². The van der Waals surface area contributed by atoms with Gasteiger partial charge in [0.1, 0.15) is 0 Å². The fourth-order valence-corrected chi connectivity index (χ4v) is 2.89. The van der Waals surface area contributed by atoms with E-state index in [1.165, 1.54) is 4.31 Å². The summed E-state index contributed by atoms with van der Waals surface area (Å²) in [5, 5.41) is 3.22. The van der Waals surface area contributed by atoms with Crippen LogP contribution in [0.1, 0.15) is 26.7 Å². The Balaban J connectivity index is 2.84. The normalized spacial score (nSPS) is 11.8. The first kappa shape index (κ1) is 15.0. The predicted molar refractivity (Wildman–Crippen MR) is 75.3 cm³/mol. The summed E-state index contributed by atoms with van der Waals surface area (Å²) in [6.07, 6.45) is 1.85. The number of hydrogen-bond acceptors (Lipinski definition) is 3. The standard InChI is InChI=1S/C13H22N2O2S/c1-4-10-14-12-6-8-13(9-7-12)18(16,17)15(3)11-5-2/h6-9,14H,4-5,10-11H2,1-3H3. The van der Waals surface area contributed by atoms with E-state index in [0.717, 1.165) is 25.1 Å². The second-order valence-electron chi connectivity index (χ2n) is 4.28. The zero-order valence-corrected chi connectivity index (χ0v) is 12.1. The van der Waals surface area contributed by atoms with Crippen LogP contribution in [0.25, 0.3) is 0 Å². The number of nitrogens with zero attached hydrogens (tertiary/aromatic N) is 1. The Morgan fingerprint density at radius 2 is 1.72 bits per heavy atom. The van der Waals surface area contributed by atoms with Crippen LogP contribution in [0.15, 0.2) is 29.2 Å². The average molecular weight is 270 g/mol. The molecule has 5 heteroatoms. The minimum Gasteiger partial charge on any atom is -0.385 e. The monoisotopic (exact) mass is 270 g/mol. The molecule has 0 atom stereocenters. The van der Waals surface area contributed by atoms with E-state index in [9.17, 15) is 8.42 Å². The summed E-state index contributed by atoms with van der Waals surface area (Å²) in [6, 6.07) is 6.92. The van der Waals surface area contributed by atoms with Gasteiger partial charge in [-0.2, -0.15) is 0 Å². The van der Waals surface area contributed by atoms with Crippen molar-refractivity contribution in [3.05, 3.63) is 24.3 Å². The van der Waals surface area contributed by atoms with Crippen LogP contribution in [0.3, 0.4) is 0 Å². The zero-order valence-electron chi connectivity index (χ0n) is 11.3. The molecule has 0 aliphatic heterocycles. The molecule has 0 heterocycles. The number of sulfonamides is 1. The smallest absolute Gasteiger partial charge is 0.242 e. The summed E-state index contributed by atoms with van der Waals surface area (Å²) >= 11 is 0. The molecule has 1 N–H and O–H groups in total. The maximum atomic E-state index is 12.2. The van der Waals surface area contributed by atoms with Crippen molar-refractivity contribution in [1.29, 1.82) is 0 Å². The van der Waals surface area contributed by atoms with Gasteiger partial charge in [-0.05, 0) is 37.1 Å². The van der Waals surface area contributed by atoms with E-state index in [0.29, 0.717) is 11.4 Å². The van der Waals surface area contributed by atoms with Gasteiger partial charge in [0.05, 0.1) is 4.90 Å². The quantitative estimate of drug-likeness (QED) is 0.828. The zero-order chi connectivity index (χ0) is 13.6. The summed E-state index contributed by atoms with van der Waals surface area (Å²) in [5.74, 6) is 0. The molecule has 4 nitrogen and oxygen atoms in total. The predicted octanol–water partition coefficient (Wildman–Crippen LogP) is 2.54. The van der Waals surface area contributed by atoms with E-state index >= 15 is 0 Å². The van der Waals surface area contributed by atoms with Crippen LogP contribution in [0.4, 0.5) is 5.69 Å². The third-order valence-corrected chi connectivity index (χ3v) is 4.55. The fraction of sp³-hybridized carbons (Fsp3) is 0.538. The lowest BCUT2D eigenvalue weighted by molar-refractivity contribution is 0.468. The lowest BCUT2D eigenvalue weighted by Gasteiger charge is -2.16. The minimum absolute atomic E-state index is 0.348. The van der Waals surface area contributed by atoms with Gasteiger partial charge in [-0.3, -0.25) is 0 Å². The molecule has 0 aliphatic rings. The molecule has 1 aromatic rings. The van der Waals surface area contributed by atoms with Crippen LogP contribution in [0.2, 0.25) is 0 Å². The van der Waals surface area contributed by atoms with Crippen molar-refractivity contribution in [3.8, 4) is 0 Å². The summed E-state index contributed by atoms with van der Waals surface area (Å²) in [4.78, 5) is 0.348. The van der Waals surface area contributed by atoms with E-state index < -0.39 is 10.0 Å². The first-order chi connectivity index (χ1) is 8.52.